The Kier molecular flexibility index (Phi) is 7.86. The molecule has 36 heavy (non-hydrogen) atoms. The van der Waals surface area contributed by atoms with Crippen molar-refractivity contribution in [3.8, 4) is 17.2 Å². The molecule has 4 rings (SSSR count). The van der Waals surface area contributed by atoms with E-state index < -0.39 is 0 Å². The standard InChI is InChI=1S/C27H32N6O3/c1-6-31(7-2)27(34)25(20-8-11-22(35-5)12-9-20)33-16-14-32(15-17-33)24-13-10-21(18-23(24)28-4)26-29-19(3)30-36-26/h8-13,18,25H,6-7,14-17H2,1-3,5H3. The van der Waals surface area contributed by atoms with E-state index >= 15 is 0 Å². The predicted molar refractivity (Wildman–Crippen MR) is 138 cm³/mol. The molecule has 1 aliphatic rings. The lowest BCUT2D eigenvalue weighted by Gasteiger charge is -2.41. The van der Waals surface area contributed by atoms with E-state index in [2.05, 4.69) is 24.8 Å². The van der Waals surface area contributed by atoms with Crippen LogP contribution in [0, 0.1) is 13.5 Å². The lowest BCUT2D eigenvalue weighted by molar-refractivity contribution is -0.137. The maximum Gasteiger partial charge on any atom is 0.256 e. The Morgan fingerprint density at radius 2 is 1.83 bits per heavy atom. The van der Waals surface area contributed by atoms with Crippen LogP contribution in [0.1, 0.15) is 31.3 Å². The molecule has 1 unspecified atom stereocenters. The van der Waals surface area contributed by atoms with Crippen molar-refractivity contribution in [2.24, 2.45) is 0 Å². The van der Waals surface area contributed by atoms with E-state index in [0.717, 1.165) is 22.6 Å². The van der Waals surface area contributed by atoms with Crippen molar-refractivity contribution in [2.45, 2.75) is 26.8 Å². The van der Waals surface area contributed by atoms with Gasteiger partial charge in [-0.15, -0.1) is 0 Å². The minimum absolute atomic E-state index is 0.111. The number of amides is 1. The summed E-state index contributed by atoms with van der Waals surface area (Å²) in [6, 6.07) is 13.1. The van der Waals surface area contributed by atoms with Crippen molar-refractivity contribution in [3.63, 3.8) is 0 Å². The molecular weight excluding hydrogens is 456 g/mol. The number of aromatic nitrogens is 2. The van der Waals surface area contributed by atoms with Crippen LogP contribution in [0.25, 0.3) is 16.3 Å². The summed E-state index contributed by atoms with van der Waals surface area (Å²) in [5.74, 6) is 1.84. The first-order valence-electron chi connectivity index (χ1n) is 12.2. The molecule has 9 heteroatoms. The van der Waals surface area contributed by atoms with Crippen LogP contribution in [0.5, 0.6) is 5.75 Å². The van der Waals surface area contributed by atoms with Crippen LogP contribution in [-0.4, -0.2) is 72.2 Å². The second-order valence-corrected chi connectivity index (χ2v) is 8.67. The highest BCUT2D eigenvalue weighted by Crippen LogP contribution is 2.35. The molecule has 2 heterocycles. The number of aryl methyl sites for hydroxylation is 1. The highest BCUT2D eigenvalue weighted by Gasteiger charge is 2.33. The van der Waals surface area contributed by atoms with E-state index in [9.17, 15) is 4.79 Å². The van der Waals surface area contributed by atoms with Gasteiger partial charge in [-0.1, -0.05) is 17.3 Å². The summed E-state index contributed by atoms with van der Waals surface area (Å²) in [5, 5.41) is 3.84. The number of hydrogen-bond donors (Lipinski definition) is 0. The second kappa shape index (κ2) is 11.2. The molecule has 1 aliphatic heterocycles. The molecule has 1 fully saturated rings. The molecule has 1 aromatic heterocycles. The first-order valence-corrected chi connectivity index (χ1v) is 12.2. The molecule has 9 nitrogen and oxygen atoms in total. The molecule has 1 amide bonds. The number of nitrogens with zero attached hydrogens (tertiary/aromatic N) is 6. The van der Waals surface area contributed by atoms with Crippen LogP contribution in [0.3, 0.4) is 0 Å². The average molecular weight is 489 g/mol. The van der Waals surface area contributed by atoms with Gasteiger partial charge in [0.15, 0.2) is 5.82 Å². The maximum absolute atomic E-state index is 13.6. The van der Waals surface area contributed by atoms with Crippen molar-refractivity contribution in [1.82, 2.24) is 19.9 Å². The van der Waals surface area contributed by atoms with Crippen molar-refractivity contribution in [1.29, 1.82) is 0 Å². The minimum atomic E-state index is -0.360. The lowest BCUT2D eigenvalue weighted by Crippen LogP contribution is -2.51. The summed E-state index contributed by atoms with van der Waals surface area (Å²) in [4.78, 5) is 27.9. The Morgan fingerprint density at radius 3 is 2.39 bits per heavy atom. The lowest BCUT2D eigenvalue weighted by atomic mass is 10.0. The number of hydrogen-bond acceptors (Lipinski definition) is 7. The Balaban J connectivity index is 1.54. The third-order valence-electron chi connectivity index (χ3n) is 6.63. The molecule has 2 aromatic carbocycles. The molecule has 0 spiro atoms. The number of piperazine rings is 1. The van der Waals surface area contributed by atoms with Gasteiger partial charge in [0.25, 0.3) is 5.89 Å². The Bertz CT molecular complexity index is 1220. The second-order valence-electron chi connectivity index (χ2n) is 8.67. The van der Waals surface area contributed by atoms with E-state index in [1.807, 2.05) is 55.1 Å². The van der Waals surface area contributed by atoms with Gasteiger partial charge >= 0.3 is 0 Å². The SMILES string of the molecule is [C-]#[N+]c1cc(-c2nc(C)no2)ccc1N1CCN(C(C(=O)N(CC)CC)c2ccc(OC)cc2)CC1. The summed E-state index contributed by atoms with van der Waals surface area (Å²) >= 11 is 0. The van der Waals surface area contributed by atoms with Crippen molar-refractivity contribution < 1.29 is 14.1 Å². The van der Waals surface area contributed by atoms with Crippen LogP contribution in [0.4, 0.5) is 11.4 Å². The first kappa shape index (κ1) is 25.2. The normalized spacial score (nSPS) is 14.8. The van der Waals surface area contributed by atoms with Gasteiger partial charge in [-0.2, -0.15) is 4.98 Å². The minimum Gasteiger partial charge on any atom is -0.497 e. The van der Waals surface area contributed by atoms with Gasteiger partial charge in [0, 0.05) is 50.5 Å². The fraction of sp³-hybridized carbons (Fsp3) is 0.407. The fourth-order valence-corrected chi connectivity index (χ4v) is 4.65. The highest BCUT2D eigenvalue weighted by molar-refractivity contribution is 5.83. The third-order valence-corrected chi connectivity index (χ3v) is 6.63. The zero-order chi connectivity index (χ0) is 25.7. The summed E-state index contributed by atoms with van der Waals surface area (Å²) in [6.07, 6.45) is 0. The topological polar surface area (TPSA) is 79.3 Å². The van der Waals surface area contributed by atoms with E-state index in [1.165, 1.54) is 0 Å². The maximum atomic E-state index is 13.6. The van der Waals surface area contributed by atoms with Crippen molar-refractivity contribution in [3.05, 3.63) is 65.3 Å². The van der Waals surface area contributed by atoms with E-state index in [0.29, 0.717) is 56.7 Å². The molecule has 0 saturated carbocycles. The van der Waals surface area contributed by atoms with Crippen LogP contribution in [0.2, 0.25) is 0 Å². The number of carbonyl (C=O) groups is 1. The number of carbonyl (C=O) groups excluding carboxylic acids is 1. The van der Waals surface area contributed by atoms with Gasteiger partial charge in [0.05, 0.1) is 13.7 Å². The molecule has 1 saturated heterocycles. The Labute approximate surface area is 212 Å². The van der Waals surface area contributed by atoms with E-state index in [-0.39, 0.29) is 11.9 Å². The van der Waals surface area contributed by atoms with Gasteiger partial charge in [-0.3, -0.25) is 9.69 Å². The molecular formula is C27H32N6O3. The number of benzene rings is 2. The van der Waals surface area contributed by atoms with Crippen LogP contribution >= 0.6 is 0 Å². The number of anilines is 1. The molecule has 0 bridgehead atoms. The molecule has 0 radical (unpaired) electrons. The Hall–Kier alpha value is -3.90. The molecule has 188 valence electrons. The van der Waals surface area contributed by atoms with Crippen LogP contribution in [0.15, 0.2) is 47.0 Å². The Morgan fingerprint density at radius 1 is 1.14 bits per heavy atom. The van der Waals surface area contributed by atoms with E-state index in [4.69, 9.17) is 15.8 Å². The van der Waals surface area contributed by atoms with E-state index in [1.54, 1.807) is 20.1 Å². The number of rotatable bonds is 8. The van der Waals surface area contributed by atoms with Gasteiger partial charge in [0.1, 0.15) is 11.8 Å². The number of methoxy groups -OCH3 is 1. The smallest absolute Gasteiger partial charge is 0.256 e. The summed E-state index contributed by atoms with van der Waals surface area (Å²) in [7, 11) is 1.64. The van der Waals surface area contributed by atoms with Crippen LogP contribution in [-0.2, 0) is 4.79 Å². The van der Waals surface area contributed by atoms with Crippen molar-refractivity contribution >= 4 is 17.3 Å². The number of likely N-dealkylation sites (N-methyl/N-ethyl adjacent to an activating group) is 1. The quantitative estimate of drug-likeness (QED) is 0.437. The molecule has 0 N–H and O–H groups in total. The van der Waals surface area contributed by atoms with Gasteiger partial charge in [-0.25, -0.2) is 4.85 Å². The number of ether oxygens (including phenoxy) is 1. The fourth-order valence-electron chi connectivity index (χ4n) is 4.65. The summed E-state index contributed by atoms with van der Waals surface area (Å²) in [5.41, 5.74) is 3.11. The summed E-state index contributed by atoms with van der Waals surface area (Å²) < 4.78 is 10.6. The average Bonchev–Trinajstić information content (AvgIpc) is 3.36. The summed E-state index contributed by atoms with van der Waals surface area (Å²) in [6.45, 7) is 17.7. The van der Waals surface area contributed by atoms with Crippen LogP contribution < -0.4 is 9.64 Å². The third kappa shape index (κ3) is 5.19. The monoisotopic (exact) mass is 488 g/mol. The van der Waals surface area contributed by atoms with Gasteiger partial charge in [-0.05, 0) is 56.7 Å². The largest absolute Gasteiger partial charge is 0.497 e. The molecule has 1 atom stereocenters. The highest BCUT2D eigenvalue weighted by atomic mass is 16.5. The molecule has 0 aliphatic carbocycles. The molecule has 3 aromatic rings. The zero-order valence-electron chi connectivity index (χ0n) is 21.3. The van der Waals surface area contributed by atoms with Crippen molar-refractivity contribution in [2.75, 3.05) is 51.3 Å². The van der Waals surface area contributed by atoms with Gasteiger partial charge in [0.2, 0.25) is 11.6 Å². The predicted octanol–water partition coefficient (Wildman–Crippen LogP) is 4.34. The first-order chi connectivity index (χ1) is 17.5. The van der Waals surface area contributed by atoms with Gasteiger partial charge < -0.3 is 19.1 Å². The zero-order valence-corrected chi connectivity index (χ0v) is 21.3.